The van der Waals surface area contributed by atoms with Crippen molar-refractivity contribution in [3.8, 4) is 22.8 Å². The molecule has 1 heterocycles. The van der Waals surface area contributed by atoms with E-state index < -0.39 is 12.1 Å². The summed E-state index contributed by atoms with van der Waals surface area (Å²) in [5.74, 6) is -0.949. The number of aromatic nitrogens is 2. The summed E-state index contributed by atoms with van der Waals surface area (Å²) in [5.41, 5.74) is 4.58. The first-order chi connectivity index (χ1) is 16.2. The van der Waals surface area contributed by atoms with E-state index in [1.807, 2.05) is 36.7 Å². The normalized spacial score (nSPS) is 10.9. The molecule has 3 rings (SSSR count). The van der Waals surface area contributed by atoms with Crippen molar-refractivity contribution in [2.24, 2.45) is 0 Å². The number of alkyl halides is 3. The average Bonchev–Trinajstić information content (AvgIpc) is 3.23. The van der Waals surface area contributed by atoms with E-state index in [1.165, 1.54) is 11.3 Å². The lowest BCUT2D eigenvalue weighted by atomic mass is 10.1. The van der Waals surface area contributed by atoms with Crippen LogP contribution in [0.2, 0.25) is 0 Å². The minimum atomic E-state index is -5.08. The van der Waals surface area contributed by atoms with Crippen LogP contribution >= 0.6 is 0 Å². The molecule has 0 radical (unpaired) electrons. The molecule has 1 N–H and O–H groups in total. The molecule has 6 nitrogen and oxygen atoms in total. The van der Waals surface area contributed by atoms with Crippen LogP contribution in [-0.2, 0) is 24.2 Å². The van der Waals surface area contributed by atoms with E-state index in [0.717, 1.165) is 55.0 Å². The van der Waals surface area contributed by atoms with Gasteiger partial charge in [0.2, 0.25) is 0 Å². The van der Waals surface area contributed by atoms with Gasteiger partial charge in [0.1, 0.15) is 11.5 Å². The fourth-order valence-corrected chi connectivity index (χ4v) is 3.42. The number of ether oxygens (including phenoxy) is 2. The molecule has 1 aromatic heterocycles. The van der Waals surface area contributed by atoms with Crippen molar-refractivity contribution in [2.45, 2.75) is 45.3 Å². The minimum absolute atomic E-state index is 0.866. The van der Waals surface area contributed by atoms with Crippen LogP contribution in [0.3, 0.4) is 0 Å². The molecule has 0 saturated carbocycles. The van der Waals surface area contributed by atoms with Gasteiger partial charge in [-0.15, -0.1) is 0 Å². The van der Waals surface area contributed by atoms with E-state index in [-0.39, 0.29) is 0 Å². The van der Waals surface area contributed by atoms with Crippen LogP contribution in [0.15, 0.2) is 54.9 Å². The van der Waals surface area contributed by atoms with Gasteiger partial charge in [-0.25, -0.2) is 9.78 Å². The molecule has 2 aromatic carbocycles. The number of methoxy groups -OCH3 is 2. The number of halogens is 3. The van der Waals surface area contributed by atoms with Crippen LogP contribution in [0.1, 0.15) is 31.0 Å². The van der Waals surface area contributed by atoms with E-state index in [4.69, 9.17) is 24.4 Å². The highest BCUT2D eigenvalue weighted by atomic mass is 19.4. The standard InChI is InChI=1S/C23H28N2O2.C2HF3O2/c1-4-5-12-20-23(19-11-7-9-14-22(19)27-3)24-17-25(20)16-15-18-10-6-8-13-21(18)26-2;3-2(4,5)1(6)7/h6-11,13-14,17H,4-5,12,15-16H2,1-3H3;(H,6,7). The second kappa shape index (κ2) is 12.7. The summed E-state index contributed by atoms with van der Waals surface area (Å²) in [6.45, 7) is 3.10. The van der Waals surface area contributed by atoms with Crippen LogP contribution in [0.5, 0.6) is 11.5 Å². The maximum absolute atomic E-state index is 10.6. The third-order valence-corrected chi connectivity index (χ3v) is 5.13. The Morgan fingerprint density at radius 3 is 2.18 bits per heavy atom. The molecule has 0 fully saturated rings. The van der Waals surface area contributed by atoms with Crippen LogP contribution in [0.4, 0.5) is 13.2 Å². The Morgan fingerprint density at radius 2 is 1.59 bits per heavy atom. The van der Waals surface area contributed by atoms with Crippen LogP contribution < -0.4 is 9.47 Å². The van der Waals surface area contributed by atoms with Gasteiger partial charge >= 0.3 is 12.1 Å². The van der Waals surface area contributed by atoms with Gasteiger partial charge in [-0.05, 0) is 43.0 Å². The summed E-state index contributed by atoms with van der Waals surface area (Å²) in [6, 6.07) is 16.3. The molecular weight excluding hydrogens is 449 g/mol. The molecule has 3 aromatic rings. The fourth-order valence-electron chi connectivity index (χ4n) is 3.42. The van der Waals surface area contributed by atoms with E-state index in [9.17, 15) is 13.2 Å². The summed E-state index contributed by atoms with van der Waals surface area (Å²) >= 11 is 0. The lowest BCUT2D eigenvalue weighted by molar-refractivity contribution is -0.192. The van der Waals surface area contributed by atoms with E-state index >= 15 is 0 Å². The number of carboxylic acid groups (broad SMARTS) is 1. The summed E-state index contributed by atoms with van der Waals surface area (Å²) in [7, 11) is 3.44. The zero-order valence-electron chi connectivity index (χ0n) is 19.4. The molecule has 0 atom stereocenters. The van der Waals surface area contributed by atoms with Crippen molar-refractivity contribution in [3.63, 3.8) is 0 Å². The van der Waals surface area contributed by atoms with Gasteiger partial charge in [-0.2, -0.15) is 13.2 Å². The van der Waals surface area contributed by atoms with Gasteiger partial charge < -0.3 is 19.1 Å². The quantitative estimate of drug-likeness (QED) is 0.422. The molecule has 0 amide bonds. The van der Waals surface area contributed by atoms with Crippen molar-refractivity contribution in [1.29, 1.82) is 0 Å². The van der Waals surface area contributed by atoms with Gasteiger partial charge in [0.05, 0.1) is 26.2 Å². The number of hydrogen-bond acceptors (Lipinski definition) is 4. The largest absolute Gasteiger partial charge is 0.496 e. The Kier molecular flexibility index (Phi) is 9.97. The predicted molar refractivity (Wildman–Crippen MR) is 123 cm³/mol. The van der Waals surface area contributed by atoms with Crippen molar-refractivity contribution in [3.05, 3.63) is 66.1 Å². The highest BCUT2D eigenvalue weighted by molar-refractivity contribution is 5.73. The van der Waals surface area contributed by atoms with Crippen molar-refractivity contribution in [2.75, 3.05) is 14.2 Å². The molecule has 0 saturated heterocycles. The lowest BCUT2D eigenvalue weighted by Gasteiger charge is -2.13. The SMILES string of the molecule is CCCCc1c(-c2ccccc2OC)ncn1CCc1ccccc1OC.O=C(O)C(F)(F)F. The number of benzene rings is 2. The van der Waals surface area contributed by atoms with E-state index in [2.05, 4.69) is 29.7 Å². The second-order valence-electron chi connectivity index (χ2n) is 7.40. The summed E-state index contributed by atoms with van der Waals surface area (Å²) in [4.78, 5) is 13.7. The Balaban J connectivity index is 0.000000509. The van der Waals surface area contributed by atoms with Crippen molar-refractivity contribution in [1.82, 2.24) is 9.55 Å². The number of unbranched alkanes of at least 4 members (excludes halogenated alkanes) is 1. The summed E-state index contributed by atoms with van der Waals surface area (Å²) in [6.07, 6.45) is 1.09. The Bertz CT molecular complexity index is 1060. The first-order valence-electron chi connectivity index (χ1n) is 10.8. The molecule has 0 aliphatic carbocycles. The first kappa shape index (κ1) is 26.8. The van der Waals surface area contributed by atoms with Gasteiger partial charge in [-0.3, -0.25) is 0 Å². The number of nitrogens with zero attached hydrogens (tertiary/aromatic N) is 2. The number of hydrogen-bond donors (Lipinski definition) is 1. The van der Waals surface area contributed by atoms with E-state index in [0.29, 0.717) is 0 Å². The third-order valence-electron chi connectivity index (χ3n) is 5.13. The van der Waals surface area contributed by atoms with Gasteiger partial charge in [0.15, 0.2) is 0 Å². The molecular formula is C25H29F3N2O4. The number of rotatable bonds is 9. The smallest absolute Gasteiger partial charge is 0.490 e. The Labute approximate surface area is 197 Å². The molecule has 0 spiro atoms. The van der Waals surface area contributed by atoms with Crippen molar-refractivity contribution >= 4 is 5.97 Å². The predicted octanol–water partition coefficient (Wildman–Crippen LogP) is 5.79. The fraction of sp³-hybridized carbons (Fsp3) is 0.360. The van der Waals surface area contributed by atoms with Gasteiger partial charge in [-0.1, -0.05) is 43.7 Å². The molecule has 0 aliphatic rings. The summed E-state index contributed by atoms with van der Waals surface area (Å²) < 4.78 is 45.1. The maximum Gasteiger partial charge on any atom is 0.490 e. The lowest BCUT2D eigenvalue weighted by Crippen LogP contribution is -2.21. The molecule has 0 aliphatic heterocycles. The molecule has 9 heteroatoms. The average molecular weight is 479 g/mol. The third kappa shape index (κ3) is 7.26. The Hall–Kier alpha value is -3.49. The van der Waals surface area contributed by atoms with Gasteiger partial charge in [0.25, 0.3) is 0 Å². The number of imidazole rings is 1. The van der Waals surface area contributed by atoms with Gasteiger partial charge in [0, 0.05) is 17.8 Å². The molecule has 184 valence electrons. The molecule has 0 unspecified atom stereocenters. The minimum Gasteiger partial charge on any atom is -0.496 e. The van der Waals surface area contributed by atoms with Crippen LogP contribution in [0, 0.1) is 0 Å². The monoisotopic (exact) mass is 478 g/mol. The second-order valence-corrected chi connectivity index (χ2v) is 7.40. The van der Waals surface area contributed by atoms with Crippen molar-refractivity contribution < 1.29 is 32.5 Å². The number of para-hydroxylation sites is 2. The highest BCUT2D eigenvalue weighted by Gasteiger charge is 2.38. The zero-order chi connectivity index (χ0) is 25.1. The highest BCUT2D eigenvalue weighted by Crippen LogP contribution is 2.32. The van der Waals surface area contributed by atoms with Crippen LogP contribution in [0.25, 0.3) is 11.3 Å². The Morgan fingerprint density at radius 1 is 1.00 bits per heavy atom. The summed E-state index contributed by atoms with van der Waals surface area (Å²) in [5, 5.41) is 7.12. The number of aryl methyl sites for hydroxylation is 2. The number of aliphatic carboxylic acids is 1. The molecule has 34 heavy (non-hydrogen) atoms. The van der Waals surface area contributed by atoms with E-state index in [1.54, 1.807) is 14.2 Å². The number of carboxylic acids is 1. The van der Waals surface area contributed by atoms with Crippen LogP contribution in [-0.4, -0.2) is 41.0 Å². The zero-order valence-corrected chi connectivity index (χ0v) is 19.4. The topological polar surface area (TPSA) is 73.6 Å². The number of carbonyl (C=O) groups is 1. The maximum atomic E-state index is 10.6. The molecule has 0 bridgehead atoms. The first-order valence-corrected chi connectivity index (χ1v) is 10.8.